The van der Waals surface area contributed by atoms with E-state index in [1.165, 1.54) is 0 Å². The molecule has 1 saturated heterocycles. The van der Waals surface area contributed by atoms with Gasteiger partial charge >= 0.3 is 0 Å². The Hall–Kier alpha value is -1.63. The van der Waals surface area contributed by atoms with Crippen molar-refractivity contribution in [2.75, 3.05) is 26.2 Å². The van der Waals surface area contributed by atoms with Gasteiger partial charge in [-0.2, -0.15) is 4.31 Å². The first-order valence-corrected chi connectivity index (χ1v) is 8.81. The second kappa shape index (κ2) is 6.24. The second-order valence-electron chi connectivity index (χ2n) is 5.57. The standard InChI is InChI=1S/C16H20N2O3S/c1-14-4-6-16(7-5-14)22(19,20)18-10-8-17(9-11-18)13-15-3-2-12-21-15/h2-7,12H,8-11,13H2,1H3. The number of benzene rings is 1. The maximum absolute atomic E-state index is 12.6. The molecule has 0 saturated carbocycles. The van der Waals surface area contributed by atoms with E-state index < -0.39 is 10.0 Å². The summed E-state index contributed by atoms with van der Waals surface area (Å²) in [6, 6.07) is 10.8. The summed E-state index contributed by atoms with van der Waals surface area (Å²) in [5.41, 5.74) is 1.06. The van der Waals surface area contributed by atoms with Crippen LogP contribution in [0.3, 0.4) is 0 Å². The van der Waals surface area contributed by atoms with E-state index in [1.807, 2.05) is 31.2 Å². The maximum atomic E-state index is 12.6. The lowest BCUT2D eigenvalue weighted by molar-refractivity contribution is 0.171. The molecule has 2 aromatic rings. The number of hydrogen-bond acceptors (Lipinski definition) is 4. The van der Waals surface area contributed by atoms with Gasteiger partial charge in [-0.1, -0.05) is 17.7 Å². The van der Waals surface area contributed by atoms with E-state index in [0.29, 0.717) is 31.1 Å². The van der Waals surface area contributed by atoms with E-state index in [0.717, 1.165) is 17.9 Å². The van der Waals surface area contributed by atoms with Gasteiger partial charge in [0.15, 0.2) is 0 Å². The number of sulfonamides is 1. The first-order chi connectivity index (χ1) is 10.6. The van der Waals surface area contributed by atoms with Gasteiger partial charge in [0.05, 0.1) is 17.7 Å². The van der Waals surface area contributed by atoms with Crippen molar-refractivity contribution >= 4 is 10.0 Å². The van der Waals surface area contributed by atoms with Crippen molar-refractivity contribution < 1.29 is 12.8 Å². The molecule has 0 spiro atoms. The normalized spacial score (nSPS) is 17.7. The summed E-state index contributed by atoms with van der Waals surface area (Å²) in [6.45, 7) is 5.13. The van der Waals surface area contributed by atoms with Gasteiger partial charge in [-0.05, 0) is 31.2 Å². The lowest BCUT2D eigenvalue weighted by atomic mass is 10.2. The molecule has 22 heavy (non-hydrogen) atoms. The zero-order valence-electron chi connectivity index (χ0n) is 12.6. The van der Waals surface area contributed by atoms with Crippen LogP contribution in [0.4, 0.5) is 0 Å². The van der Waals surface area contributed by atoms with Crippen LogP contribution in [-0.2, 0) is 16.6 Å². The van der Waals surface area contributed by atoms with Gasteiger partial charge in [-0.15, -0.1) is 0 Å². The van der Waals surface area contributed by atoms with E-state index in [2.05, 4.69) is 4.90 Å². The summed E-state index contributed by atoms with van der Waals surface area (Å²) in [5.74, 6) is 0.912. The molecule has 3 rings (SSSR count). The van der Waals surface area contributed by atoms with Crippen molar-refractivity contribution in [3.63, 3.8) is 0 Å². The highest BCUT2D eigenvalue weighted by atomic mass is 32.2. The molecule has 1 aliphatic rings. The fourth-order valence-corrected chi connectivity index (χ4v) is 4.03. The Kier molecular flexibility index (Phi) is 4.33. The highest BCUT2D eigenvalue weighted by Gasteiger charge is 2.28. The molecule has 0 radical (unpaired) electrons. The third-order valence-electron chi connectivity index (χ3n) is 3.95. The molecule has 1 fully saturated rings. The van der Waals surface area contributed by atoms with Gasteiger partial charge in [0.25, 0.3) is 0 Å². The Morgan fingerprint density at radius 3 is 2.32 bits per heavy atom. The third kappa shape index (κ3) is 3.24. The van der Waals surface area contributed by atoms with Crippen LogP contribution in [0.2, 0.25) is 0 Å². The van der Waals surface area contributed by atoms with Gasteiger partial charge in [-0.25, -0.2) is 8.42 Å². The molecule has 0 amide bonds. The zero-order chi connectivity index (χ0) is 15.6. The van der Waals surface area contributed by atoms with Gasteiger partial charge in [-0.3, -0.25) is 4.90 Å². The quantitative estimate of drug-likeness (QED) is 0.866. The average Bonchev–Trinajstić information content (AvgIpc) is 3.01. The maximum Gasteiger partial charge on any atom is 0.243 e. The van der Waals surface area contributed by atoms with Crippen LogP contribution in [0, 0.1) is 6.92 Å². The Morgan fingerprint density at radius 1 is 1.05 bits per heavy atom. The molecule has 0 atom stereocenters. The summed E-state index contributed by atoms with van der Waals surface area (Å²) in [7, 11) is -3.38. The van der Waals surface area contributed by atoms with Gasteiger partial charge in [0.2, 0.25) is 10.0 Å². The molecular formula is C16H20N2O3S. The molecule has 1 aromatic carbocycles. The molecule has 0 N–H and O–H groups in total. The van der Waals surface area contributed by atoms with Crippen LogP contribution in [-0.4, -0.2) is 43.8 Å². The summed E-state index contributed by atoms with van der Waals surface area (Å²) >= 11 is 0. The predicted octanol–water partition coefficient (Wildman–Crippen LogP) is 2.09. The number of aryl methyl sites for hydroxylation is 1. The first kappa shape index (κ1) is 15.3. The van der Waals surface area contributed by atoms with Crippen molar-refractivity contribution in [1.29, 1.82) is 0 Å². The fourth-order valence-electron chi connectivity index (χ4n) is 2.61. The summed E-state index contributed by atoms with van der Waals surface area (Å²) in [4.78, 5) is 2.58. The second-order valence-corrected chi connectivity index (χ2v) is 7.51. The highest BCUT2D eigenvalue weighted by molar-refractivity contribution is 7.89. The van der Waals surface area contributed by atoms with Crippen LogP contribution in [0.5, 0.6) is 0 Å². The van der Waals surface area contributed by atoms with Crippen molar-refractivity contribution in [1.82, 2.24) is 9.21 Å². The van der Waals surface area contributed by atoms with Crippen LogP contribution in [0.15, 0.2) is 52.0 Å². The van der Waals surface area contributed by atoms with Crippen molar-refractivity contribution in [2.45, 2.75) is 18.4 Å². The lowest BCUT2D eigenvalue weighted by Crippen LogP contribution is -2.48. The zero-order valence-corrected chi connectivity index (χ0v) is 13.4. The molecular weight excluding hydrogens is 300 g/mol. The monoisotopic (exact) mass is 320 g/mol. The largest absolute Gasteiger partial charge is 0.468 e. The molecule has 5 nitrogen and oxygen atoms in total. The lowest BCUT2D eigenvalue weighted by Gasteiger charge is -2.33. The van der Waals surface area contributed by atoms with Gasteiger partial charge < -0.3 is 4.42 Å². The van der Waals surface area contributed by atoms with Crippen molar-refractivity contribution in [3.05, 3.63) is 54.0 Å². The number of furan rings is 1. The fraction of sp³-hybridized carbons (Fsp3) is 0.375. The molecule has 0 aliphatic carbocycles. The Morgan fingerprint density at radius 2 is 1.73 bits per heavy atom. The van der Waals surface area contributed by atoms with Crippen LogP contribution in [0.1, 0.15) is 11.3 Å². The minimum atomic E-state index is -3.38. The molecule has 6 heteroatoms. The van der Waals surface area contributed by atoms with Crippen LogP contribution in [0.25, 0.3) is 0 Å². The van der Waals surface area contributed by atoms with E-state index in [4.69, 9.17) is 4.42 Å². The topological polar surface area (TPSA) is 53.8 Å². The summed E-state index contributed by atoms with van der Waals surface area (Å²) in [6.07, 6.45) is 1.66. The van der Waals surface area contributed by atoms with E-state index in [9.17, 15) is 8.42 Å². The minimum Gasteiger partial charge on any atom is -0.468 e. The van der Waals surface area contributed by atoms with Crippen molar-refractivity contribution in [3.8, 4) is 0 Å². The average molecular weight is 320 g/mol. The van der Waals surface area contributed by atoms with Crippen LogP contribution >= 0.6 is 0 Å². The van der Waals surface area contributed by atoms with Gasteiger partial charge in [0, 0.05) is 26.2 Å². The molecule has 0 unspecified atom stereocenters. The molecule has 118 valence electrons. The van der Waals surface area contributed by atoms with E-state index in [1.54, 1.807) is 22.7 Å². The SMILES string of the molecule is Cc1ccc(S(=O)(=O)N2CCN(Cc3ccco3)CC2)cc1. The number of hydrogen-bond donors (Lipinski definition) is 0. The number of nitrogens with zero attached hydrogens (tertiary/aromatic N) is 2. The number of rotatable bonds is 4. The predicted molar refractivity (Wildman–Crippen MR) is 83.9 cm³/mol. The number of piperazine rings is 1. The highest BCUT2D eigenvalue weighted by Crippen LogP contribution is 2.19. The minimum absolute atomic E-state index is 0.373. The smallest absolute Gasteiger partial charge is 0.243 e. The van der Waals surface area contributed by atoms with E-state index >= 15 is 0 Å². The molecule has 1 aromatic heterocycles. The molecule has 2 heterocycles. The van der Waals surface area contributed by atoms with Gasteiger partial charge in [0.1, 0.15) is 5.76 Å². The Labute approximate surface area is 131 Å². The summed E-state index contributed by atoms with van der Waals surface area (Å²) in [5, 5.41) is 0. The van der Waals surface area contributed by atoms with Crippen LogP contribution < -0.4 is 0 Å². The first-order valence-electron chi connectivity index (χ1n) is 7.37. The molecule has 1 aliphatic heterocycles. The molecule has 0 bridgehead atoms. The van der Waals surface area contributed by atoms with Crippen molar-refractivity contribution in [2.24, 2.45) is 0 Å². The Balaban J connectivity index is 1.64. The Bertz CT molecular complexity index is 700. The van der Waals surface area contributed by atoms with E-state index in [-0.39, 0.29) is 0 Å². The summed E-state index contributed by atoms with van der Waals surface area (Å²) < 4.78 is 32.1. The third-order valence-corrected chi connectivity index (χ3v) is 5.86.